The molecule has 0 fully saturated rings. The van der Waals surface area contributed by atoms with E-state index in [2.05, 4.69) is 0 Å². The van der Waals surface area contributed by atoms with Crippen LogP contribution in [0.15, 0.2) is 0 Å². The van der Waals surface area contributed by atoms with Crippen molar-refractivity contribution in [1.29, 1.82) is 0 Å². The maximum atomic E-state index is 10.1. The van der Waals surface area contributed by atoms with Crippen molar-refractivity contribution in [3.05, 3.63) is 0 Å². The fraction of sp³-hybridized carbons (Fsp3) is 0.556. The minimum Gasteiger partial charge on any atom is -0.481 e. The number of hydrogen-bond donors (Lipinski definition) is 7. The van der Waals surface area contributed by atoms with Crippen LogP contribution in [-0.4, -0.2) is 67.0 Å². The van der Waals surface area contributed by atoms with Gasteiger partial charge >= 0.3 is 28.3 Å². The smallest absolute Gasteiger partial charge is 0.394 e. The molecule has 0 saturated heterocycles. The van der Waals surface area contributed by atoms with E-state index in [1.54, 1.807) is 0 Å². The Hall–Kier alpha value is -2.13. The number of rotatable bonds is 6. The van der Waals surface area contributed by atoms with Gasteiger partial charge in [-0.3, -0.25) is 34.0 Å². The number of carboxylic acid groups (broad SMARTS) is 3. The summed E-state index contributed by atoms with van der Waals surface area (Å²) in [6.07, 6.45) is -0.491. The van der Waals surface area contributed by atoms with Crippen LogP contribution in [-0.2, 0) is 29.6 Å². The Morgan fingerprint density at radius 2 is 0.870 bits per heavy atom. The zero-order valence-corrected chi connectivity index (χ0v) is 12.6. The monoisotopic (exact) mass is 366 g/mol. The predicted octanol–water partition coefficient (Wildman–Crippen LogP) is -0.259. The SMILES string of the molecule is CC(=O)CCC(=O)O.O=C(O)CCC(=O)O.O=S(=O)(O)O.OO. The van der Waals surface area contributed by atoms with Crippen LogP contribution in [0.2, 0.25) is 0 Å². The van der Waals surface area contributed by atoms with Crippen LogP contribution in [0.1, 0.15) is 32.6 Å². The van der Waals surface area contributed by atoms with Crippen LogP contribution in [0.5, 0.6) is 0 Å². The number of carbonyl (C=O) groups excluding carboxylic acids is 1. The molecule has 0 saturated carbocycles. The molecule has 0 aliphatic carbocycles. The minimum atomic E-state index is -4.67. The molecule has 0 bridgehead atoms. The summed E-state index contributed by atoms with van der Waals surface area (Å²) >= 11 is 0. The molecular weight excluding hydrogens is 348 g/mol. The molecule has 0 rings (SSSR count). The van der Waals surface area contributed by atoms with Crippen molar-refractivity contribution in [1.82, 2.24) is 0 Å². The Morgan fingerprint density at radius 3 is 0.957 bits per heavy atom. The van der Waals surface area contributed by atoms with Gasteiger partial charge in [-0.25, -0.2) is 0 Å². The molecule has 0 amide bonds. The Morgan fingerprint density at radius 1 is 0.696 bits per heavy atom. The lowest BCUT2D eigenvalue weighted by atomic mass is 10.2. The molecular formula is C9H18O13S. The van der Waals surface area contributed by atoms with Gasteiger partial charge in [-0.05, 0) is 6.92 Å². The van der Waals surface area contributed by atoms with Crippen LogP contribution in [0.4, 0.5) is 0 Å². The lowest BCUT2D eigenvalue weighted by Gasteiger charge is -1.86. The van der Waals surface area contributed by atoms with E-state index >= 15 is 0 Å². The Labute approximate surface area is 130 Å². The molecule has 0 aliphatic heterocycles. The van der Waals surface area contributed by atoms with E-state index in [0.29, 0.717) is 0 Å². The van der Waals surface area contributed by atoms with Crippen molar-refractivity contribution in [3.8, 4) is 0 Å². The lowest BCUT2D eigenvalue weighted by Crippen LogP contribution is -2.00. The lowest BCUT2D eigenvalue weighted by molar-refractivity contribution is -0.176. The van der Waals surface area contributed by atoms with Gasteiger partial charge < -0.3 is 20.1 Å². The largest absolute Gasteiger partial charge is 0.481 e. The summed E-state index contributed by atoms with van der Waals surface area (Å²) in [6.45, 7) is 1.38. The summed E-state index contributed by atoms with van der Waals surface area (Å²) in [5.41, 5.74) is 0. The first-order valence-corrected chi connectivity index (χ1v) is 6.70. The maximum Gasteiger partial charge on any atom is 0.394 e. The molecule has 0 spiro atoms. The Bertz CT molecular complexity index is 388. The van der Waals surface area contributed by atoms with E-state index in [0.717, 1.165) is 0 Å². The van der Waals surface area contributed by atoms with Crippen LogP contribution in [0, 0.1) is 0 Å². The van der Waals surface area contributed by atoms with E-state index in [-0.39, 0.29) is 31.5 Å². The summed E-state index contributed by atoms with van der Waals surface area (Å²) in [6, 6.07) is 0. The Balaban J connectivity index is -0.000000114. The van der Waals surface area contributed by atoms with E-state index < -0.39 is 28.3 Å². The van der Waals surface area contributed by atoms with Gasteiger partial charge in [0.2, 0.25) is 0 Å². The molecule has 0 heterocycles. The first-order valence-electron chi connectivity index (χ1n) is 5.30. The van der Waals surface area contributed by atoms with Crippen LogP contribution in [0.25, 0.3) is 0 Å². The summed E-state index contributed by atoms with van der Waals surface area (Å²) < 4.78 is 31.6. The van der Waals surface area contributed by atoms with E-state index in [1.165, 1.54) is 6.92 Å². The fourth-order valence-corrected chi connectivity index (χ4v) is 0.497. The number of aliphatic carboxylic acids is 3. The third-order valence-corrected chi connectivity index (χ3v) is 1.24. The molecule has 0 atom stereocenters. The highest BCUT2D eigenvalue weighted by atomic mass is 32.3. The molecule has 0 radical (unpaired) electrons. The fourth-order valence-electron chi connectivity index (χ4n) is 0.497. The molecule has 138 valence electrons. The molecule has 0 aliphatic rings. The van der Waals surface area contributed by atoms with Gasteiger partial charge in [0.25, 0.3) is 0 Å². The zero-order chi connectivity index (χ0) is 19.6. The van der Waals surface area contributed by atoms with Gasteiger partial charge in [-0.2, -0.15) is 8.42 Å². The van der Waals surface area contributed by atoms with Crippen LogP contribution in [0.3, 0.4) is 0 Å². The Kier molecular flexibility index (Phi) is 22.6. The second kappa shape index (κ2) is 17.9. The van der Waals surface area contributed by atoms with Crippen molar-refractivity contribution in [3.63, 3.8) is 0 Å². The highest BCUT2D eigenvalue weighted by Gasteiger charge is 2.00. The molecule has 0 aromatic heterocycles. The number of hydrogen-bond acceptors (Lipinski definition) is 8. The van der Waals surface area contributed by atoms with Crippen molar-refractivity contribution >= 4 is 34.1 Å². The highest BCUT2D eigenvalue weighted by molar-refractivity contribution is 7.79. The molecule has 14 heteroatoms. The van der Waals surface area contributed by atoms with Gasteiger partial charge in [0.15, 0.2) is 0 Å². The minimum absolute atomic E-state index is 0.0463. The normalized spacial score (nSPS) is 8.74. The topological polar surface area (TPSA) is 244 Å². The van der Waals surface area contributed by atoms with Crippen LogP contribution < -0.4 is 0 Å². The van der Waals surface area contributed by atoms with Crippen molar-refractivity contribution in [2.24, 2.45) is 0 Å². The number of ketones is 1. The van der Waals surface area contributed by atoms with Crippen molar-refractivity contribution in [2.75, 3.05) is 0 Å². The van der Waals surface area contributed by atoms with Crippen molar-refractivity contribution < 1.29 is 62.5 Å². The predicted molar refractivity (Wildman–Crippen MR) is 71.5 cm³/mol. The van der Waals surface area contributed by atoms with E-state index in [1.807, 2.05) is 0 Å². The van der Waals surface area contributed by atoms with Gasteiger partial charge in [0.05, 0.1) is 19.3 Å². The molecule has 0 aromatic rings. The summed E-state index contributed by atoms with van der Waals surface area (Å²) in [4.78, 5) is 39.1. The molecule has 23 heavy (non-hydrogen) atoms. The number of Topliss-reactive ketones (excluding diaryl/α,β-unsaturated/α-hetero) is 1. The van der Waals surface area contributed by atoms with Gasteiger partial charge in [0.1, 0.15) is 5.78 Å². The standard InChI is InChI=1S/C5H8O3.C4H6O4.H2O4S.H2O2/c1-4(6)2-3-5(7)8;5-3(6)1-2-4(7)8;1-5(2,3)4;1-2/h2-3H2,1H3,(H,7,8);1-2H2,(H,5,6)(H,7,8);(H2,1,2,3,4);1-2H. The second-order valence-electron chi connectivity index (χ2n) is 3.33. The number of carboxylic acids is 3. The van der Waals surface area contributed by atoms with Gasteiger partial charge in [-0.15, -0.1) is 0 Å². The van der Waals surface area contributed by atoms with Gasteiger partial charge in [-0.1, -0.05) is 0 Å². The highest BCUT2D eigenvalue weighted by Crippen LogP contribution is 1.88. The molecule has 13 nitrogen and oxygen atoms in total. The van der Waals surface area contributed by atoms with Crippen molar-refractivity contribution in [2.45, 2.75) is 32.6 Å². The summed E-state index contributed by atoms with van der Waals surface area (Å²) in [7, 11) is -4.67. The van der Waals surface area contributed by atoms with Gasteiger partial charge in [0, 0.05) is 6.42 Å². The average Bonchev–Trinajstić information content (AvgIpc) is 2.35. The maximum absolute atomic E-state index is 10.1. The molecule has 0 aromatic carbocycles. The average molecular weight is 366 g/mol. The quantitative estimate of drug-likeness (QED) is 0.182. The molecule has 7 N–H and O–H groups in total. The third-order valence-electron chi connectivity index (χ3n) is 1.24. The first kappa shape index (κ1) is 29.0. The van der Waals surface area contributed by atoms with E-state index in [9.17, 15) is 19.2 Å². The molecule has 0 unspecified atom stereocenters. The summed E-state index contributed by atoms with van der Waals surface area (Å²) in [5.74, 6) is -3.15. The third kappa shape index (κ3) is 102. The zero-order valence-electron chi connectivity index (χ0n) is 11.8. The second-order valence-corrected chi connectivity index (χ2v) is 4.23. The number of carbonyl (C=O) groups is 4. The first-order chi connectivity index (χ1) is 10.3. The van der Waals surface area contributed by atoms with Crippen LogP contribution >= 0.6 is 0 Å². The van der Waals surface area contributed by atoms with E-state index in [4.69, 9.17) is 43.4 Å². The summed E-state index contributed by atoms with van der Waals surface area (Å²) in [5, 5.41) is 35.8.